The van der Waals surface area contributed by atoms with E-state index in [1.807, 2.05) is 24.3 Å². The summed E-state index contributed by atoms with van der Waals surface area (Å²) >= 11 is 0. The Hall–Kier alpha value is -3.05. The van der Waals surface area contributed by atoms with Crippen LogP contribution in [0.3, 0.4) is 0 Å². The Morgan fingerprint density at radius 1 is 1.26 bits per heavy atom. The highest BCUT2D eigenvalue weighted by Crippen LogP contribution is 2.11. The number of ether oxygens (including phenoxy) is 1. The van der Waals surface area contributed by atoms with E-state index in [9.17, 15) is 0 Å². The molecule has 19 heavy (non-hydrogen) atoms. The summed E-state index contributed by atoms with van der Waals surface area (Å²) in [6.45, 7) is 0. The van der Waals surface area contributed by atoms with E-state index in [0.717, 1.165) is 11.3 Å². The van der Waals surface area contributed by atoms with E-state index in [2.05, 4.69) is 4.99 Å². The van der Waals surface area contributed by atoms with Crippen LogP contribution in [0, 0.1) is 22.7 Å². The van der Waals surface area contributed by atoms with Gasteiger partial charge in [-0.2, -0.15) is 10.5 Å². The zero-order chi connectivity index (χ0) is 14.1. The first kappa shape index (κ1) is 14.0. The third-order valence-electron chi connectivity index (χ3n) is 2.18. The van der Waals surface area contributed by atoms with Gasteiger partial charge in [0.15, 0.2) is 5.70 Å². The number of hydrogen-bond donors (Lipinski definition) is 1. The molecule has 0 radical (unpaired) electrons. The van der Waals surface area contributed by atoms with Gasteiger partial charge in [-0.3, -0.25) is 0 Å². The van der Waals surface area contributed by atoms with E-state index >= 15 is 0 Å². The quantitative estimate of drug-likeness (QED) is 0.654. The number of methoxy groups -OCH3 is 1. The Labute approximate surface area is 111 Å². The molecule has 0 amide bonds. The summed E-state index contributed by atoms with van der Waals surface area (Å²) in [5.41, 5.74) is 5.97. The third-order valence-corrected chi connectivity index (χ3v) is 2.18. The smallest absolute Gasteiger partial charge is 0.174 e. The number of rotatable bonds is 4. The third kappa shape index (κ3) is 4.37. The second-order valence-corrected chi connectivity index (χ2v) is 3.40. The zero-order valence-corrected chi connectivity index (χ0v) is 10.4. The monoisotopic (exact) mass is 252 g/mol. The van der Waals surface area contributed by atoms with Crippen molar-refractivity contribution < 1.29 is 4.74 Å². The highest BCUT2D eigenvalue weighted by atomic mass is 16.5. The lowest BCUT2D eigenvalue weighted by atomic mass is 10.2. The number of hydrogen-bond acceptors (Lipinski definition) is 5. The summed E-state index contributed by atoms with van der Waals surface area (Å²) in [6, 6.07) is 10.9. The maximum absolute atomic E-state index is 8.71. The van der Waals surface area contributed by atoms with Crippen LogP contribution in [0.2, 0.25) is 0 Å². The Bertz CT molecular complexity index is 598. The number of aliphatic imine (C=N–C) groups is 1. The lowest BCUT2D eigenvalue weighted by molar-refractivity contribution is 0.415. The molecule has 0 unspecified atom stereocenters. The number of nitrogens with zero attached hydrogens (tertiary/aromatic N) is 3. The Kier molecular flexibility index (Phi) is 5.39. The fraction of sp³-hybridized carbons (Fsp3) is 0.0714. The van der Waals surface area contributed by atoms with Crippen LogP contribution in [0.25, 0.3) is 6.08 Å². The molecule has 0 aliphatic carbocycles. The molecule has 0 saturated carbocycles. The van der Waals surface area contributed by atoms with Gasteiger partial charge in [0.2, 0.25) is 0 Å². The van der Waals surface area contributed by atoms with Crippen LogP contribution >= 0.6 is 0 Å². The lowest BCUT2D eigenvalue weighted by Gasteiger charge is -1.98. The highest BCUT2D eigenvalue weighted by molar-refractivity contribution is 5.79. The SMILES string of the molecule is COc1ccc(/C=C/C=N/C(C#N)=C(/N)C#N)cc1. The number of benzene rings is 1. The molecule has 2 N–H and O–H groups in total. The van der Waals surface area contributed by atoms with Gasteiger partial charge in [0.1, 0.15) is 23.6 Å². The molecular weight excluding hydrogens is 240 g/mol. The Morgan fingerprint density at radius 2 is 1.95 bits per heavy atom. The molecule has 0 fully saturated rings. The van der Waals surface area contributed by atoms with Gasteiger partial charge in [-0.05, 0) is 23.8 Å². The maximum atomic E-state index is 8.71. The van der Waals surface area contributed by atoms with Gasteiger partial charge >= 0.3 is 0 Å². The van der Waals surface area contributed by atoms with Gasteiger partial charge in [0.05, 0.1) is 7.11 Å². The second-order valence-electron chi connectivity index (χ2n) is 3.40. The fourth-order valence-corrected chi connectivity index (χ4v) is 1.20. The molecule has 0 atom stereocenters. The summed E-state index contributed by atoms with van der Waals surface area (Å²) in [7, 11) is 1.60. The number of allylic oxidation sites excluding steroid dienone is 3. The molecule has 5 nitrogen and oxygen atoms in total. The number of nitriles is 2. The Balaban J connectivity index is 2.73. The highest BCUT2D eigenvalue weighted by Gasteiger charge is 1.96. The minimum Gasteiger partial charge on any atom is -0.497 e. The van der Waals surface area contributed by atoms with Crippen molar-refractivity contribution in [1.82, 2.24) is 0 Å². The van der Waals surface area contributed by atoms with Crippen molar-refractivity contribution >= 4 is 12.3 Å². The van der Waals surface area contributed by atoms with Crippen molar-refractivity contribution in [3.63, 3.8) is 0 Å². The molecule has 1 rings (SSSR count). The molecule has 0 aromatic heterocycles. The first-order chi connectivity index (χ1) is 9.21. The molecule has 0 aliphatic rings. The van der Waals surface area contributed by atoms with Crippen molar-refractivity contribution in [2.24, 2.45) is 10.7 Å². The first-order valence-corrected chi connectivity index (χ1v) is 5.36. The topological polar surface area (TPSA) is 95.2 Å². The van der Waals surface area contributed by atoms with E-state index in [4.69, 9.17) is 21.0 Å². The molecule has 0 spiro atoms. The van der Waals surface area contributed by atoms with Crippen LogP contribution in [0.1, 0.15) is 5.56 Å². The minimum atomic E-state index is -0.198. The van der Waals surface area contributed by atoms with Gasteiger partial charge in [0.25, 0.3) is 0 Å². The summed E-state index contributed by atoms with van der Waals surface area (Å²) in [4.78, 5) is 3.80. The van der Waals surface area contributed by atoms with Crippen LogP contribution in [0.15, 0.2) is 46.7 Å². The summed E-state index contributed by atoms with van der Waals surface area (Å²) in [6.07, 6.45) is 4.87. The van der Waals surface area contributed by atoms with Crippen LogP contribution in [0.5, 0.6) is 5.75 Å². The van der Waals surface area contributed by atoms with E-state index in [1.54, 1.807) is 31.4 Å². The fourth-order valence-electron chi connectivity index (χ4n) is 1.20. The molecule has 0 aliphatic heterocycles. The van der Waals surface area contributed by atoms with Gasteiger partial charge < -0.3 is 10.5 Å². The van der Waals surface area contributed by atoms with E-state index in [-0.39, 0.29) is 11.4 Å². The zero-order valence-electron chi connectivity index (χ0n) is 10.4. The van der Waals surface area contributed by atoms with Crippen LogP contribution in [-0.2, 0) is 0 Å². The average Bonchev–Trinajstić information content (AvgIpc) is 2.47. The average molecular weight is 252 g/mol. The van der Waals surface area contributed by atoms with E-state index in [0.29, 0.717) is 0 Å². The van der Waals surface area contributed by atoms with Gasteiger partial charge in [0, 0.05) is 6.21 Å². The minimum absolute atomic E-state index is 0.0955. The predicted octanol–water partition coefficient (Wildman–Crippen LogP) is 2.00. The first-order valence-electron chi connectivity index (χ1n) is 5.36. The van der Waals surface area contributed by atoms with Crippen LogP contribution < -0.4 is 10.5 Å². The van der Waals surface area contributed by atoms with Gasteiger partial charge in [-0.15, -0.1) is 0 Å². The van der Waals surface area contributed by atoms with Crippen molar-refractivity contribution in [3.8, 4) is 17.9 Å². The van der Waals surface area contributed by atoms with Crippen molar-refractivity contribution in [1.29, 1.82) is 10.5 Å². The van der Waals surface area contributed by atoms with Crippen LogP contribution in [-0.4, -0.2) is 13.3 Å². The molecule has 94 valence electrons. The van der Waals surface area contributed by atoms with Crippen LogP contribution in [0.4, 0.5) is 0 Å². The predicted molar refractivity (Wildman–Crippen MR) is 73.0 cm³/mol. The molecule has 1 aromatic rings. The summed E-state index contributed by atoms with van der Waals surface area (Å²) in [5, 5.41) is 17.2. The number of nitrogens with two attached hydrogens (primary N) is 1. The van der Waals surface area contributed by atoms with Crippen molar-refractivity contribution in [2.45, 2.75) is 0 Å². The second kappa shape index (κ2) is 7.31. The molecule has 5 heteroatoms. The summed E-state index contributed by atoms with van der Waals surface area (Å²) < 4.78 is 5.04. The van der Waals surface area contributed by atoms with E-state index < -0.39 is 0 Å². The summed E-state index contributed by atoms with van der Waals surface area (Å²) in [5.74, 6) is 0.780. The molecule has 1 aromatic carbocycles. The lowest BCUT2D eigenvalue weighted by Crippen LogP contribution is -1.97. The normalized spacial score (nSPS) is 11.9. The molecule has 0 bridgehead atoms. The largest absolute Gasteiger partial charge is 0.497 e. The Morgan fingerprint density at radius 3 is 2.47 bits per heavy atom. The maximum Gasteiger partial charge on any atom is 0.174 e. The van der Waals surface area contributed by atoms with E-state index in [1.165, 1.54) is 6.21 Å². The van der Waals surface area contributed by atoms with Crippen molar-refractivity contribution in [3.05, 3.63) is 47.3 Å². The van der Waals surface area contributed by atoms with Gasteiger partial charge in [-0.25, -0.2) is 4.99 Å². The molecule has 0 heterocycles. The van der Waals surface area contributed by atoms with Gasteiger partial charge in [-0.1, -0.05) is 18.2 Å². The van der Waals surface area contributed by atoms with Crippen molar-refractivity contribution in [2.75, 3.05) is 7.11 Å². The standard InChI is InChI=1S/C14H12N4O/c1-19-12-6-4-11(5-7-12)3-2-8-18-14(10-16)13(17)9-15/h2-8H,17H2,1H3/b3-2+,14-13+,18-8+. The molecule has 0 saturated heterocycles. The molecular formula is C14H12N4O.